The average Bonchev–Trinajstić information content (AvgIpc) is 3.16. The Labute approximate surface area is 175 Å². The van der Waals surface area contributed by atoms with Crippen LogP contribution in [0.1, 0.15) is 16.7 Å². The van der Waals surface area contributed by atoms with Crippen LogP contribution in [0.3, 0.4) is 0 Å². The number of aromatic nitrogens is 2. The van der Waals surface area contributed by atoms with Gasteiger partial charge in [-0.1, -0.05) is 42.5 Å². The van der Waals surface area contributed by atoms with E-state index in [1.807, 2.05) is 73.8 Å². The van der Waals surface area contributed by atoms with Crippen molar-refractivity contribution >= 4 is 16.9 Å². The van der Waals surface area contributed by atoms with Gasteiger partial charge in [0, 0.05) is 18.9 Å². The molecule has 4 aromatic rings. The molecule has 6 nitrogen and oxygen atoms in total. The molecule has 0 spiro atoms. The zero-order chi connectivity index (χ0) is 20.9. The second-order valence-corrected chi connectivity index (χ2v) is 7.26. The van der Waals surface area contributed by atoms with Crippen molar-refractivity contribution < 1.29 is 9.53 Å². The zero-order valence-corrected chi connectivity index (χ0v) is 16.8. The van der Waals surface area contributed by atoms with E-state index in [1.165, 1.54) is 0 Å². The van der Waals surface area contributed by atoms with Crippen molar-refractivity contribution in [2.45, 2.75) is 25.9 Å². The lowest BCUT2D eigenvalue weighted by Crippen LogP contribution is -2.41. The number of nitrogens with zero attached hydrogens (tertiary/aromatic N) is 1. The molecule has 0 radical (unpaired) electrons. The van der Waals surface area contributed by atoms with Crippen LogP contribution >= 0.6 is 0 Å². The summed E-state index contributed by atoms with van der Waals surface area (Å²) in [5.74, 6) is 1.30. The summed E-state index contributed by atoms with van der Waals surface area (Å²) in [6, 6.07) is 18.7. The van der Waals surface area contributed by atoms with Crippen LogP contribution in [-0.4, -0.2) is 21.9 Å². The molecule has 0 saturated carbocycles. The van der Waals surface area contributed by atoms with Gasteiger partial charge in [0.05, 0.1) is 11.4 Å². The van der Waals surface area contributed by atoms with Gasteiger partial charge in [-0.2, -0.15) is 0 Å². The molecular weight excluding hydrogens is 376 g/mol. The van der Waals surface area contributed by atoms with Gasteiger partial charge in [0.15, 0.2) is 0 Å². The highest BCUT2D eigenvalue weighted by atomic mass is 16.5. The summed E-state index contributed by atoms with van der Waals surface area (Å²) in [4.78, 5) is 19.7. The average molecular weight is 400 g/mol. The Bertz CT molecular complexity index is 1140. The molecule has 2 heterocycles. The van der Waals surface area contributed by atoms with Crippen LogP contribution < -0.4 is 15.8 Å². The first-order valence-corrected chi connectivity index (χ1v) is 9.87. The first-order chi connectivity index (χ1) is 14.6. The number of carbonyl (C=O) groups is 1. The Balaban J connectivity index is 1.36. The normalized spacial score (nSPS) is 11.9. The molecule has 0 aliphatic heterocycles. The van der Waals surface area contributed by atoms with Gasteiger partial charge < -0.3 is 20.8 Å². The molecule has 1 amide bonds. The highest BCUT2D eigenvalue weighted by Crippen LogP contribution is 2.30. The van der Waals surface area contributed by atoms with Gasteiger partial charge in [-0.05, 0) is 48.2 Å². The minimum atomic E-state index is -0.609. The topological polar surface area (TPSA) is 93.0 Å². The van der Waals surface area contributed by atoms with E-state index in [-0.39, 0.29) is 5.91 Å². The van der Waals surface area contributed by atoms with E-state index in [1.54, 1.807) is 6.20 Å². The predicted octanol–water partition coefficient (Wildman–Crippen LogP) is 3.85. The summed E-state index contributed by atoms with van der Waals surface area (Å²) >= 11 is 0. The van der Waals surface area contributed by atoms with Crippen LogP contribution in [0.4, 0.5) is 0 Å². The van der Waals surface area contributed by atoms with Crippen LogP contribution in [-0.2, 0) is 17.8 Å². The Morgan fingerprint density at radius 3 is 2.63 bits per heavy atom. The molecule has 4 N–H and O–H groups in total. The van der Waals surface area contributed by atoms with Gasteiger partial charge in [0.25, 0.3) is 0 Å². The molecular formula is C24H24N4O2. The van der Waals surface area contributed by atoms with Crippen molar-refractivity contribution in [3.05, 3.63) is 89.7 Å². The minimum absolute atomic E-state index is 0.165. The lowest BCUT2D eigenvalue weighted by atomic mass is 10.1. The highest BCUT2D eigenvalue weighted by Gasteiger charge is 2.14. The number of nitrogens with two attached hydrogens (primary N) is 1. The first-order valence-electron chi connectivity index (χ1n) is 9.87. The third kappa shape index (κ3) is 4.50. The molecule has 0 fully saturated rings. The number of nitrogens with one attached hydrogen (secondary N) is 2. The number of carbonyl (C=O) groups excluding carboxylic acids is 1. The lowest BCUT2D eigenvalue weighted by molar-refractivity contribution is -0.122. The molecule has 0 saturated heterocycles. The van der Waals surface area contributed by atoms with Crippen LogP contribution in [0.15, 0.2) is 73.1 Å². The summed E-state index contributed by atoms with van der Waals surface area (Å²) < 4.78 is 6.06. The smallest absolute Gasteiger partial charge is 0.237 e. The van der Waals surface area contributed by atoms with Gasteiger partial charge in [-0.3, -0.25) is 4.79 Å². The van der Waals surface area contributed by atoms with E-state index in [2.05, 4.69) is 15.3 Å². The second kappa shape index (κ2) is 8.80. The van der Waals surface area contributed by atoms with E-state index in [0.717, 1.165) is 33.5 Å². The maximum atomic E-state index is 12.3. The number of amides is 1. The fourth-order valence-electron chi connectivity index (χ4n) is 3.35. The quantitative estimate of drug-likeness (QED) is 0.439. The molecule has 2 aromatic carbocycles. The number of pyridine rings is 1. The van der Waals surface area contributed by atoms with Crippen LogP contribution in [0.2, 0.25) is 0 Å². The molecule has 1 atom stereocenters. The summed E-state index contributed by atoms with van der Waals surface area (Å²) in [6.07, 6.45) is 4.09. The van der Waals surface area contributed by atoms with Crippen LogP contribution in [0.5, 0.6) is 11.5 Å². The molecule has 0 unspecified atom stereocenters. The van der Waals surface area contributed by atoms with Crippen molar-refractivity contribution in [1.29, 1.82) is 0 Å². The van der Waals surface area contributed by atoms with Gasteiger partial charge >= 0.3 is 0 Å². The Morgan fingerprint density at radius 2 is 1.87 bits per heavy atom. The van der Waals surface area contributed by atoms with Crippen molar-refractivity contribution in [3.63, 3.8) is 0 Å². The Morgan fingerprint density at radius 1 is 1.10 bits per heavy atom. The number of hydrogen-bond acceptors (Lipinski definition) is 4. The lowest BCUT2D eigenvalue weighted by Gasteiger charge is -2.13. The molecule has 30 heavy (non-hydrogen) atoms. The van der Waals surface area contributed by atoms with Gasteiger partial charge in [0.1, 0.15) is 17.1 Å². The summed E-state index contributed by atoms with van der Waals surface area (Å²) in [5.41, 5.74) is 9.99. The summed E-state index contributed by atoms with van der Waals surface area (Å²) in [5, 5.41) is 3.86. The number of benzene rings is 2. The van der Waals surface area contributed by atoms with E-state index >= 15 is 0 Å². The number of fused-ring (bicyclic) bond motifs is 1. The fraction of sp³-hybridized carbons (Fsp3) is 0.167. The van der Waals surface area contributed by atoms with E-state index in [0.29, 0.717) is 18.7 Å². The van der Waals surface area contributed by atoms with Crippen molar-refractivity contribution in [1.82, 2.24) is 15.3 Å². The molecule has 0 bridgehead atoms. The SMILES string of the molecule is Cc1c[nH]c2nccc(Oc3ccc(C[C@@H](N)C(=O)NCc4ccccc4)cc3)c12. The van der Waals surface area contributed by atoms with Crippen molar-refractivity contribution in [2.75, 3.05) is 0 Å². The third-order valence-electron chi connectivity index (χ3n) is 4.99. The number of aromatic amines is 1. The number of hydrogen-bond donors (Lipinski definition) is 3. The van der Waals surface area contributed by atoms with E-state index in [9.17, 15) is 4.79 Å². The molecule has 2 aromatic heterocycles. The summed E-state index contributed by atoms with van der Waals surface area (Å²) in [6.45, 7) is 2.49. The maximum Gasteiger partial charge on any atom is 0.237 e. The predicted molar refractivity (Wildman–Crippen MR) is 117 cm³/mol. The monoisotopic (exact) mass is 400 g/mol. The third-order valence-corrected chi connectivity index (χ3v) is 4.99. The largest absolute Gasteiger partial charge is 0.457 e. The van der Waals surface area contributed by atoms with Crippen molar-refractivity contribution in [2.24, 2.45) is 5.73 Å². The Kier molecular flexibility index (Phi) is 5.77. The maximum absolute atomic E-state index is 12.3. The fourth-order valence-corrected chi connectivity index (χ4v) is 3.35. The first kappa shape index (κ1) is 19.7. The molecule has 4 rings (SSSR count). The summed E-state index contributed by atoms with van der Waals surface area (Å²) in [7, 11) is 0. The second-order valence-electron chi connectivity index (χ2n) is 7.26. The molecule has 152 valence electrons. The minimum Gasteiger partial charge on any atom is -0.457 e. The number of rotatable bonds is 7. The standard InChI is InChI=1S/C24H24N4O2/c1-16-14-27-23-22(16)21(11-12-26-23)30-19-9-7-17(8-10-19)13-20(25)24(29)28-15-18-5-3-2-4-6-18/h2-12,14,20H,13,15,25H2,1H3,(H,26,27)(H,28,29)/t20-/m1/s1. The van der Waals surface area contributed by atoms with Gasteiger partial charge in [-0.25, -0.2) is 4.98 Å². The molecule has 0 aliphatic carbocycles. The molecule has 0 aliphatic rings. The van der Waals surface area contributed by atoms with Gasteiger partial charge in [-0.15, -0.1) is 0 Å². The number of ether oxygens (including phenoxy) is 1. The van der Waals surface area contributed by atoms with E-state index < -0.39 is 6.04 Å². The number of H-pyrrole nitrogens is 1. The molecule has 6 heteroatoms. The van der Waals surface area contributed by atoms with Gasteiger partial charge in [0.2, 0.25) is 5.91 Å². The van der Waals surface area contributed by atoms with Crippen LogP contribution in [0, 0.1) is 6.92 Å². The van der Waals surface area contributed by atoms with Crippen LogP contribution in [0.25, 0.3) is 11.0 Å². The van der Waals surface area contributed by atoms with E-state index in [4.69, 9.17) is 10.5 Å². The number of aryl methyl sites for hydroxylation is 1. The highest BCUT2D eigenvalue weighted by molar-refractivity contribution is 5.86. The zero-order valence-electron chi connectivity index (χ0n) is 16.8. The Hall–Kier alpha value is -3.64. The van der Waals surface area contributed by atoms with Crippen molar-refractivity contribution in [3.8, 4) is 11.5 Å².